The molecule has 1 aliphatic rings. The number of amides is 1. The minimum absolute atomic E-state index is 0.0364. The molecule has 0 N–H and O–H groups in total. The van der Waals surface area contributed by atoms with Gasteiger partial charge in [0.05, 0.1) is 17.9 Å². The van der Waals surface area contributed by atoms with Gasteiger partial charge in [-0.05, 0) is 25.1 Å². The number of fused-ring (bicyclic) bond motifs is 2. The van der Waals surface area contributed by atoms with Crippen LogP contribution >= 0.6 is 11.3 Å². The van der Waals surface area contributed by atoms with E-state index in [0.29, 0.717) is 17.0 Å². The van der Waals surface area contributed by atoms with Crippen molar-refractivity contribution in [3.8, 4) is 17.0 Å². The maximum atomic E-state index is 12.8. The van der Waals surface area contributed by atoms with Crippen LogP contribution in [0.1, 0.15) is 17.3 Å². The smallest absolute Gasteiger partial charge is 0.268 e. The lowest BCUT2D eigenvalue weighted by Gasteiger charge is -2.33. The Morgan fingerprint density at radius 1 is 1.21 bits per heavy atom. The zero-order chi connectivity index (χ0) is 20.0. The Morgan fingerprint density at radius 2 is 2.03 bits per heavy atom. The van der Waals surface area contributed by atoms with Crippen LogP contribution in [0.5, 0.6) is 5.75 Å². The van der Waals surface area contributed by atoms with Crippen molar-refractivity contribution >= 4 is 33.7 Å². The summed E-state index contributed by atoms with van der Waals surface area (Å²) in [5.74, 6) is 0.236. The summed E-state index contributed by atoms with van der Waals surface area (Å²) in [6.07, 6.45) is 3.25. The Hall–Kier alpha value is -3.45. The van der Waals surface area contributed by atoms with E-state index in [9.17, 15) is 9.59 Å². The molecule has 1 aliphatic heterocycles. The van der Waals surface area contributed by atoms with Gasteiger partial charge in [0.2, 0.25) is 0 Å². The fourth-order valence-corrected chi connectivity index (χ4v) is 4.15. The van der Waals surface area contributed by atoms with E-state index in [2.05, 4.69) is 4.98 Å². The van der Waals surface area contributed by atoms with Crippen LogP contribution in [0.3, 0.4) is 0 Å². The number of ether oxygens (including phenoxy) is 1. The number of anilines is 1. The lowest BCUT2D eigenvalue weighted by Crippen LogP contribution is -2.46. The number of Topliss-reactive ketones (excluding diaryl/α,β-unsaturated/α-hetero) is 1. The van der Waals surface area contributed by atoms with Gasteiger partial charge in [-0.25, -0.2) is 4.98 Å². The summed E-state index contributed by atoms with van der Waals surface area (Å²) in [4.78, 5) is 32.6. The van der Waals surface area contributed by atoms with Crippen molar-refractivity contribution in [3.05, 3.63) is 71.9 Å². The second-order valence-electron chi connectivity index (χ2n) is 6.88. The number of ketones is 1. The van der Waals surface area contributed by atoms with Crippen LogP contribution in [0.2, 0.25) is 0 Å². The summed E-state index contributed by atoms with van der Waals surface area (Å²) in [7, 11) is 0. The summed E-state index contributed by atoms with van der Waals surface area (Å²) in [5, 5.41) is 1.98. The lowest BCUT2D eigenvalue weighted by molar-refractivity contribution is -0.125. The van der Waals surface area contributed by atoms with Gasteiger partial charge in [-0.15, -0.1) is 11.3 Å². The maximum absolute atomic E-state index is 12.8. The number of benzene rings is 2. The van der Waals surface area contributed by atoms with E-state index < -0.39 is 6.10 Å². The molecule has 1 unspecified atom stereocenters. The number of thiazole rings is 1. The summed E-state index contributed by atoms with van der Waals surface area (Å²) in [6, 6.07) is 14.6. The highest BCUT2D eigenvalue weighted by molar-refractivity contribution is 7.15. The molecule has 0 saturated carbocycles. The number of rotatable bonds is 4. The van der Waals surface area contributed by atoms with Gasteiger partial charge in [0.15, 0.2) is 16.8 Å². The van der Waals surface area contributed by atoms with E-state index in [1.54, 1.807) is 30.4 Å². The average Bonchev–Trinajstić information content (AvgIpc) is 3.34. The topological polar surface area (TPSA) is 63.9 Å². The molecule has 0 radical (unpaired) electrons. The highest BCUT2D eigenvalue weighted by Crippen LogP contribution is 2.37. The quantitative estimate of drug-likeness (QED) is 0.482. The molecule has 2 aromatic carbocycles. The normalized spacial score (nSPS) is 16.0. The van der Waals surface area contributed by atoms with E-state index in [-0.39, 0.29) is 18.2 Å². The minimum atomic E-state index is -0.644. The molecular formula is C22H17N3O3S. The highest BCUT2D eigenvalue weighted by Gasteiger charge is 2.33. The van der Waals surface area contributed by atoms with Gasteiger partial charge in [-0.2, -0.15) is 0 Å². The monoisotopic (exact) mass is 403 g/mol. The van der Waals surface area contributed by atoms with Gasteiger partial charge < -0.3 is 4.74 Å². The third kappa shape index (κ3) is 3.09. The van der Waals surface area contributed by atoms with Crippen molar-refractivity contribution in [1.29, 1.82) is 0 Å². The van der Waals surface area contributed by atoms with Crippen molar-refractivity contribution in [2.24, 2.45) is 0 Å². The summed E-state index contributed by atoms with van der Waals surface area (Å²) in [6.45, 7) is 1.66. The standard InChI is InChI=1S/C22H17N3O3S/c1-14-21(27)25(13-19(26)15-5-3-2-4-6-15)18-11-16(7-8-20(18)28-14)17-12-24-9-10-29-22(24)23-17/h2-12,14H,13H2,1H3. The minimum Gasteiger partial charge on any atom is -0.479 e. The van der Waals surface area contributed by atoms with Crippen molar-refractivity contribution in [1.82, 2.24) is 9.38 Å². The first kappa shape index (κ1) is 17.6. The largest absolute Gasteiger partial charge is 0.479 e. The molecule has 0 bridgehead atoms. The van der Waals surface area contributed by atoms with Gasteiger partial charge >= 0.3 is 0 Å². The Morgan fingerprint density at radius 3 is 2.83 bits per heavy atom. The molecule has 29 heavy (non-hydrogen) atoms. The molecule has 5 rings (SSSR count). The third-order valence-electron chi connectivity index (χ3n) is 4.95. The zero-order valence-electron chi connectivity index (χ0n) is 15.6. The number of carbonyl (C=O) groups excluding carboxylic acids is 2. The fourth-order valence-electron chi connectivity index (χ4n) is 3.45. The number of hydrogen-bond acceptors (Lipinski definition) is 5. The molecule has 0 fully saturated rings. The van der Waals surface area contributed by atoms with E-state index in [4.69, 9.17) is 4.74 Å². The summed E-state index contributed by atoms with van der Waals surface area (Å²) in [5.41, 5.74) is 2.83. The van der Waals surface area contributed by atoms with Gasteiger partial charge in [-0.3, -0.25) is 18.9 Å². The van der Waals surface area contributed by atoms with E-state index in [1.165, 1.54) is 4.90 Å². The third-order valence-corrected chi connectivity index (χ3v) is 5.72. The number of carbonyl (C=O) groups is 2. The van der Waals surface area contributed by atoms with Gasteiger partial charge in [-0.1, -0.05) is 30.3 Å². The summed E-state index contributed by atoms with van der Waals surface area (Å²) >= 11 is 1.56. The molecule has 3 heterocycles. The van der Waals surface area contributed by atoms with Crippen LogP contribution in [0.4, 0.5) is 5.69 Å². The van der Waals surface area contributed by atoms with Crippen molar-refractivity contribution in [2.45, 2.75) is 13.0 Å². The Labute approximate surface area is 171 Å². The Kier molecular flexibility index (Phi) is 4.17. The van der Waals surface area contributed by atoms with Crippen LogP contribution < -0.4 is 9.64 Å². The van der Waals surface area contributed by atoms with Crippen molar-refractivity contribution in [2.75, 3.05) is 11.4 Å². The van der Waals surface area contributed by atoms with E-state index >= 15 is 0 Å². The molecule has 0 spiro atoms. The SMILES string of the molecule is CC1Oc2ccc(-c3cn4ccsc4n3)cc2N(CC(=O)c2ccccc2)C1=O. The molecule has 0 saturated heterocycles. The molecule has 0 aliphatic carbocycles. The van der Waals surface area contributed by atoms with Crippen LogP contribution in [-0.2, 0) is 4.79 Å². The van der Waals surface area contributed by atoms with Gasteiger partial charge in [0.1, 0.15) is 5.75 Å². The molecule has 6 nitrogen and oxygen atoms in total. The van der Waals surface area contributed by atoms with Gasteiger partial charge in [0.25, 0.3) is 5.91 Å². The van der Waals surface area contributed by atoms with E-state index in [1.807, 2.05) is 58.6 Å². The van der Waals surface area contributed by atoms with Crippen LogP contribution in [0, 0.1) is 0 Å². The lowest BCUT2D eigenvalue weighted by atomic mass is 10.1. The number of imidazole rings is 1. The van der Waals surface area contributed by atoms with Crippen molar-refractivity contribution in [3.63, 3.8) is 0 Å². The molecular weight excluding hydrogens is 386 g/mol. The highest BCUT2D eigenvalue weighted by atomic mass is 32.1. The average molecular weight is 403 g/mol. The number of hydrogen-bond donors (Lipinski definition) is 0. The molecule has 4 aromatic rings. The van der Waals surface area contributed by atoms with E-state index in [0.717, 1.165) is 16.2 Å². The molecule has 144 valence electrons. The number of aromatic nitrogens is 2. The number of nitrogens with zero attached hydrogens (tertiary/aromatic N) is 3. The summed E-state index contributed by atoms with van der Waals surface area (Å²) < 4.78 is 7.73. The van der Waals surface area contributed by atoms with Crippen molar-refractivity contribution < 1.29 is 14.3 Å². The zero-order valence-corrected chi connectivity index (χ0v) is 16.4. The first-order valence-electron chi connectivity index (χ1n) is 9.23. The van der Waals surface area contributed by atoms with Crippen LogP contribution in [0.15, 0.2) is 66.3 Å². The predicted molar refractivity (Wildman–Crippen MR) is 112 cm³/mol. The second-order valence-corrected chi connectivity index (χ2v) is 7.75. The van der Waals surface area contributed by atoms with Crippen LogP contribution in [0.25, 0.3) is 16.2 Å². The first-order chi connectivity index (χ1) is 14.1. The predicted octanol–water partition coefficient (Wildman–Crippen LogP) is 4.06. The first-order valence-corrected chi connectivity index (χ1v) is 10.1. The molecule has 2 aromatic heterocycles. The second kappa shape index (κ2) is 6.86. The van der Waals surface area contributed by atoms with Gasteiger partial charge in [0, 0.05) is 28.9 Å². The fraction of sp³-hybridized carbons (Fsp3) is 0.136. The Balaban J connectivity index is 1.53. The maximum Gasteiger partial charge on any atom is 0.268 e. The molecule has 7 heteroatoms. The Bertz CT molecular complexity index is 1200. The van der Waals surface area contributed by atoms with Crippen LogP contribution in [-0.4, -0.2) is 33.7 Å². The molecule has 1 atom stereocenters. The molecule has 1 amide bonds.